The second-order valence-electron chi connectivity index (χ2n) is 5.58. The first kappa shape index (κ1) is 15.2. The lowest BCUT2D eigenvalue weighted by molar-refractivity contribution is 0.0465. The number of hydrogen-bond donors (Lipinski definition) is 1. The van der Waals surface area contributed by atoms with Crippen LogP contribution in [-0.2, 0) is 10.2 Å². The topological polar surface area (TPSA) is 21.3 Å². The van der Waals surface area contributed by atoms with Crippen LogP contribution in [0.25, 0.3) is 0 Å². The Balaban J connectivity index is 2.82. The summed E-state index contributed by atoms with van der Waals surface area (Å²) < 4.78 is 5.80. The molecule has 0 saturated heterocycles. The highest BCUT2D eigenvalue weighted by Gasteiger charge is 2.30. The molecular formula is C16H27NO. The maximum absolute atomic E-state index is 5.80. The Morgan fingerprint density at radius 2 is 1.78 bits per heavy atom. The van der Waals surface area contributed by atoms with Crippen LogP contribution in [-0.4, -0.2) is 25.3 Å². The fourth-order valence-corrected chi connectivity index (χ4v) is 2.13. The summed E-state index contributed by atoms with van der Waals surface area (Å²) in [6, 6.07) is 11.0. The molecule has 0 aliphatic heterocycles. The van der Waals surface area contributed by atoms with Gasteiger partial charge in [0, 0.05) is 11.5 Å². The first-order valence-corrected chi connectivity index (χ1v) is 6.89. The Hall–Kier alpha value is -0.860. The highest BCUT2D eigenvalue weighted by atomic mass is 16.5. The molecule has 1 unspecified atom stereocenters. The summed E-state index contributed by atoms with van der Waals surface area (Å²) >= 11 is 0. The van der Waals surface area contributed by atoms with Gasteiger partial charge in [-0.05, 0) is 26.0 Å². The molecule has 1 aromatic carbocycles. The van der Waals surface area contributed by atoms with Gasteiger partial charge in [0.1, 0.15) is 0 Å². The molecule has 0 amide bonds. The van der Waals surface area contributed by atoms with E-state index in [1.807, 2.05) is 0 Å². The van der Waals surface area contributed by atoms with Crippen molar-refractivity contribution in [1.29, 1.82) is 0 Å². The van der Waals surface area contributed by atoms with E-state index in [1.165, 1.54) is 5.56 Å². The van der Waals surface area contributed by atoms with E-state index in [-0.39, 0.29) is 11.5 Å². The summed E-state index contributed by atoms with van der Waals surface area (Å²) in [5.41, 5.74) is 1.41. The molecule has 0 aliphatic rings. The van der Waals surface area contributed by atoms with Gasteiger partial charge in [-0.1, -0.05) is 51.1 Å². The fourth-order valence-electron chi connectivity index (χ4n) is 2.13. The SMILES string of the molecule is CCNC(COC(C)C)C(C)(C)c1ccccc1. The van der Waals surface area contributed by atoms with Gasteiger partial charge in [0.05, 0.1) is 12.7 Å². The molecule has 0 radical (unpaired) electrons. The molecule has 1 aromatic rings. The number of benzene rings is 1. The molecule has 1 rings (SSSR count). The Labute approximate surface area is 112 Å². The number of nitrogens with one attached hydrogen (secondary N) is 1. The van der Waals surface area contributed by atoms with Gasteiger partial charge in [0.2, 0.25) is 0 Å². The second-order valence-corrected chi connectivity index (χ2v) is 5.58. The van der Waals surface area contributed by atoms with Crippen molar-refractivity contribution in [1.82, 2.24) is 5.32 Å². The van der Waals surface area contributed by atoms with Gasteiger partial charge in [-0.25, -0.2) is 0 Å². The number of hydrogen-bond acceptors (Lipinski definition) is 2. The van der Waals surface area contributed by atoms with E-state index >= 15 is 0 Å². The maximum Gasteiger partial charge on any atom is 0.0631 e. The molecule has 2 nitrogen and oxygen atoms in total. The molecule has 0 spiro atoms. The summed E-state index contributed by atoms with van der Waals surface area (Å²) in [6.45, 7) is 12.6. The van der Waals surface area contributed by atoms with Crippen LogP contribution in [0.2, 0.25) is 0 Å². The van der Waals surface area contributed by atoms with Crippen LogP contribution in [0.3, 0.4) is 0 Å². The van der Waals surface area contributed by atoms with E-state index in [9.17, 15) is 0 Å². The van der Waals surface area contributed by atoms with Crippen LogP contribution < -0.4 is 5.32 Å². The van der Waals surface area contributed by atoms with Crippen molar-refractivity contribution in [2.45, 2.75) is 52.2 Å². The van der Waals surface area contributed by atoms with Crippen molar-refractivity contribution in [3.8, 4) is 0 Å². The molecule has 102 valence electrons. The normalized spacial score (nSPS) is 13.9. The van der Waals surface area contributed by atoms with E-state index in [4.69, 9.17) is 4.74 Å². The summed E-state index contributed by atoms with van der Waals surface area (Å²) in [5, 5.41) is 3.55. The van der Waals surface area contributed by atoms with E-state index in [0.29, 0.717) is 6.04 Å². The lowest BCUT2D eigenvalue weighted by atomic mass is 9.78. The zero-order chi connectivity index (χ0) is 13.6. The Morgan fingerprint density at radius 1 is 1.17 bits per heavy atom. The third-order valence-corrected chi connectivity index (χ3v) is 3.44. The Morgan fingerprint density at radius 3 is 2.28 bits per heavy atom. The average Bonchev–Trinajstić information content (AvgIpc) is 2.35. The number of likely N-dealkylation sites (N-methyl/N-ethyl adjacent to an activating group) is 1. The third-order valence-electron chi connectivity index (χ3n) is 3.44. The van der Waals surface area contributed by atoms with Gasteiger partial charge >= 0.3 is 0 Å². The Kier molecular flexibility index (Phi) is 5.83. The minimum atomic E-state index is 0.0617. The van der Waals surface area contributed by atoms with Crippen LogP contribution in [0.1, 0.15) is 40.2 Å². The molecule has 0 aromatic heterocycles. The number of rotatable bonds is 7. The van der Waals surface area contributed by atoms with Crippen LogP contribution in [0.5, 0.6) is 0 Å². The molecule has 2 heteroatoms. The molecule has 0 saturated carbocycles. The van der Waals surface area contributed by atoms with Crippen molar-refractivity contribution in [3.63, 3.8) is 0 Å². The molecule has 0 fully saturated rings. The van der Waals surface area contributed by atoms with Gasteiger partial charge in [-0.3, -0.25) is 0 Å². The summed E-state index contributed by atoms with van der Waals surface area (Å²) in [5.74, 6) is 0. The number of ether oxygens (including phenoxy) is 1. The van der Waals surface area contributed by atoms with E-state index in [1.54, 1.807) is 0 Å². The fraction of sp³-hybridized carbons (Fsp3) is 0.625. The second kappa shape index (κ2) is 6.91. The molecule has 0 aliphatic carbocycles. The van der Waals surface area contributed by atoms with Crippen molar-refractivity contribution < 1.29 is 4.74 Å². The van der Waals surface area contributed by atoms with Gasteiger partial charge in [0.25, 0.3) is 0 Å². The summed E-state index contributed by atoms with van der Waals surface area (Å²) in [7, 11) is 0. The molecule has 0 heterocycles. The van der Waals surface area contributed by atoms with Gasteiger partial charge in [-0.15, -0.1) is 0 Å². The summed E-state index contributed by atoms with van der Waals surface area (Å²) in [6.07, 6.45) is 0.276. The standard InChI is InChI=1S/C16H27NO/c1-6-17-15(12-18-13(2)3)16(4,5)14-10-8-7-9-11-14/h7-11,13,15,17H,6,12H2,1-5H3. The van der Waals surface area contributed by atoms with E-state index < -0.39 is 0 Å². The predicted octanol–water partition coefficient (Wildman–Crippen LogP) is 3.37. The lowest BCUT2D eigenvalue weighted by Gasteiger charge is -2.36. The minimum absolute atomic E-state index is 0.0617. The molecule has 18 heavy (non-hydrogen) atoms. The zero-order valence-corrected chi connectivity index (χ0v) is 12.4. The zero-order valence-electron chi connectivity index (χ0n) is 12.4. The van der Waals surface area contributed by atoms with Gasteiger partial charge < -0.3 is 10.1 Å². The van der Waals surface area contributed by atoms with Crippen molar-refractivity contribution in [2.75, 3.05) is 13.2 Å². The quantitative estimate of drug-likeness (QED) is 0.800. The van der Waals surface area contributed by atoms with Crippen LogP contribution in [0, 0.1) is 0 Å². The van der Waals surface area contributed by atoms with Crippen molar-refractivity contribution in [2.24, 2.45) is 0 Å². The molecule has 0 bridgehead atoms. The van der Waals surface area contributed by atoms with Crippen molar-refractivity contribution >= 4 is 0 Å². The monoisotopic (exact) mass is 249 g/mol. The van der Waals surface area contributed by atoms with E-state index in [0.717, 1.165) is 13.2 Å². The average molecular weight is 249 g/mol. The lowest BCUT2D eigenvalue weighted by Crippen LogP contribution is -2.48. The smallest absolute Gasteiger partial charge is 0.0631 e. The van der Waals surface area contributed by atoms with E-state index in [2.05, 4.69) is 70.3 Å². The minimum Gasteiger partial charge on any atom is -0.377 e. The third kappa shape index (κ3) is 4.11. The molecule has 1 atom stereocenters. The first-order chi connectivity index (χ1) is 8.48. The molecule has 1 N–H and O–H groups in total. The van der Waals surface area contributed by atoms with Crippen LogP contribution in [0.15, 0.2) is 30.3 Å². The first-order valence-electron chi connectivity index (χ1n) is 6.89. The van der Waals surface area contributed by atoms with Gasteiger partial charge in [-0.2, -0.15) is 0 Å². The predicted molar refractivity (Wildman–Crippen MR) is 78.0 cm³/mol. The highest BCUT2D eigenvalue weighted by molar-refractivity contribution is 5.25. The largest absolute Gasteiger partial charge is 0.377 e. The van der Waals surface area contributed by atoms with Crippen molar-refractivity contribution in [3.05, 3.63) is 35.9 Å². The summed E-state index contributed by atoms with van der Waals surface area (Å²) in [4.78, 5) is 0. The maximum atomic E-state index is 5.80. The van der Waals surface area contributed by atoms with Crippen LogP contribution >= 0.6 is 0 Å². The van der Waals surface area contributed by atoms with Crippen LogP contribution in [0.4, 0.5) is 0 Å². The molecular weight excluding hydrogens is 222 g/mol. The highest BCUT2D eigenvalue weighted by Crippen LogP contribution is 2.27. The van der Waals surface area contributed by atoms with Gasteiger partial charge in [0.15, 0.2) is 0 Å². The Bertz CT molecular complexity index is 332.